The maximum Gasteiger partial charge on any atom is 0.0992 e. The molecule has 0 radical (unpaired) electrons. The number of fused-ring (bicyclic) bond motifs is 1. The number of aromatic nitrogens is 1. The summed E-state index contributed by atoms with van der Waals surface area (Å²) in [4.78, 5) is 0. The van der Waals surface area contributed by atoms with Crippen molar-refractivity contribution in [2.45, 2.75) is 0 Å². The first-order valence-electron chi connectivity index (χ1n) is 18.8. The van der Waals surface area contributed by atoms with Crippen LogP contribution in [-0.4, -0.2) is 4.57 Å². The number of benzene rings is 11. The Morgan fingerprint density at radius 1 is 0.309 bits per heavy atom. The van der Waals surface area contributed by atoms with Gasteiger partial charge in [-0.3, -0.25) is 0 Å². The Morgan fingerprint density at radius 3 is 1.31 bits per heavy atom. The summed E-state index contributed by atoms with van der Waals surface area (Å²) in [6.45, 7) is 0. The van der Waals surface area contributed by atoms with Gasteiger partial charge >= 0.3 is 0 Å². The van der Waals surface area contributed by atoms with Crippen LogP contribution in [0.5, 0.6) is 0 Å². The van der Waals surface area contributed by atoms with E-state index in [2.05, 4.69) is 174 Å². The third-order valence-electron chi connectivity index (χ3n) is 11.8. The van der Waals surface area contributed by atoms with Gasteiger partial charge in [-0.2, -0.15) is 5.26 Å². The molecular formula is C53H30N2. The minimum absolute atomic E-state index is 0.671. The monoisotopic (exact) mass is 694 g/mol. The lowest BCUT2D eigenvalue weighted by Gasteiger charge is -2.15. The summed E-state index contributed by atoms with van der Waals surface area (Å²) in [6, 6.07) is 68.8. The van der Waals surface area contributed by atoms with Crippen molar-refractivity contribution in [3.05, 3.63) is 188 Å². The molecule has 2 nitrogen and oxygen atoms in total. The van der Waals surface area contributed by atoms with Crippen molar-refractivity contribution >= 4 is 75.7 Å². The summed E-state index contributed by atoms with van der Waals surface area (Å²) in [5.74, 6) is 0. The smallest absolute Gasteiger partial charge is 0.0992 e. The zero-order chi connectivity index (χ0) is 36.2. The summed E-state index contributed by atoms with van der Waals surface area (Å²) >= 11 is 0. The SMILES string of the molecule is N#Cc1cc2ccc3cc(-c4ccc(-c5cc6ccc7cc(-c8ccc9ccccc9c8)cc8ccc(c5)c6c78)cc4)cc4c3c2c(c1)n4-c1ccccc1. The third kappa shape index (κ3) is 4.48. The highest BCUT2D eigenvalue weighted by molar-refractivity contribution is 6.26. The highest BCUT2D eigenvalue weighted by atomic mass is 15.0. The fourth-order valence-electron chi connectivity index (χ4n) is 9.25. The molecule has 1 heterocycles. The van der Waals surface area contributed by atoms with Crippen LogP contribution in [0.3, 0.4) is 0 Å². The molecule has 0 bridgehead atoms. The third-order valence-corrected chi connectivity index (χ3v) is 11.8. The quantitative estimate of drug-likeness (QED) is 0.169. The van der Waals surface area contributed by atoms with Crippen molar-refractivity contribution in [1.29, 1.82) is 5.26 Å². The van der Waals surface area contributed by atoms with Gasteiger partial charge in [0.15, 0.2) is 0 Å². The van der Waals surface area contributed by atoms with E-state index in [9.17, 15) is 5.26 Å². The van der Waals surface area contributed by atoms with Gasteiger partial charge in [0.05, 0.1) is 22.7 Å². The van der Waals surface area contributed by atoms with Gasteiger partial charge in [-0.1, -0.05) is 115 Å². The van der Waals surface area contributed by atoms with Gasteiger partial charge in [0, 0.05) is 16.5 Å². The highest BCUT2D eigenvalue weighted by Gasteiger charge is 2.19. The van der Waals surface area contributed by atoms with Gasteiger partial charge < -0.3 is 4.57 Å². The Kier molecular flexibility index (Phi) is 6.15. The standard InChI is InChI=1S/C53H30N2/c54-31-32-22-38-16-21-43-29-46(30-49-53(43)52(38)48(23-32)55(49)47-8-2-1-3-9-47)35-12-10-34(11-13-35)44-25-39-17-19-41-27-45(28-42-20-18-40(26-44)50(39)51(41)42)37-15-14-33-6-4-5-7-36(33)24-37/h1-30H. The number of hydrogen-bond donors (Lipinski definition) is 0. The molecular weight excluding hydrogens is 665 g/mol. The Balaban J connectivity index is 0.951. The number of nitrogens with zero attached hydrogens (tertiary/aromatic N) is 2. The van der Waals surface area contributed by atoms with Crippen LogP contribution in [0.2, 0.25) is 0 Å². The second-order valence-corrected chi connectivity index (χ2v) is 14.9. The average Bonchev–Trinajstić information content (AvgIpc) is 3.59. The molecule has 0 unspecified atom stereocenters. The van der Waals surface area contributed by atoms with E-state index in [1.54, 1.807) is 0 Å². The van der Waals surface area contributed by atoms with Gasteiger partial charge in [-0.15, -0.1) is 0 Å². The lowest BCUT2D eigenvalue weighted by Crippen LogP contribution is -1.94. The van der Waals surface area contributed by atoms with Crippen molar-refractivity contribution in [1.82, 2.24) is 4.57 Å². The molecule has 0 aliphatic heterocycles. The predicted octanol–water partition coefficient (Wildman–Crippen LogP) is 14.3. The molecule has 0 saturated carbocycles. The van der Waals surface area contributed by atoms with E-state index in [0.29, 0.717) is 5.56 Å². The number of rotatable bonds is 4. The first-order chi connectivity index (χ1) is 27.2. The molecule has 11 aromatic carbocycles. The molecule has 12 rings (SSSR count). The fourth-order valence-corrected chi connectivity index (χ4v) is 9.25. The Hall–Kier alpha value is -7.47. The molecule has 0 spiro atoms. The average molecular weight is 695 g/mol. The molecule has 0 atom stereocenters. The lowest BCUT2D eigenvalue weighted by molar-refractivity contribution is 1.18. The second kappa shape index (κ2) is 11.3. The maximum atomic E-state index is 9.88. The normalized spacial score (nSPS) is 12.0. The predicted molar refractivity (Wildman–Crippen MR) is 232 cm³/mol. The number of hydrogen-bond acceptors (Lipinski definition) is 1. The zero-order valence-electron chi connectivity index (χ0n) is 29.7. The van der Waals surface area contributed by atoms with Crippen LogP contribution in [0.4, 0.5) is 0 Å². The minimum Gasteiger partial charge on any atom is -0.309 e. The number of nitriles is 1. The van der Waals surface area contributed by atoms with E-state index in [-0.39, 0.29) is 0 Å². The summed E-state index contributed by atoms with van der Waals surface area (Å²) < 4.78 is 2.32. The first kappa shape index (κ1) is 30.0. The molecule has 252 valence electrons. The van der Waals surface area contributed by atoms with Crippen LogP contribution < -0.4 is 0 Å². The Morgan fingerprint density at radius 2 is 0.727 bits per heavy atom. The largest absolute Gasteiger partial charge is 0.309 e. The molecule has 0 N–H and O–H groups in total. The zero-order valence-corrected chi connectivity index (χ0v) is 29.7. The van der Waals surface area contributed by atoms with E-state index < -0.39 is 0 Å². The first-order valence-corrected chi connectivity index (χ1v) is 18.8. The topological polar surface area (TPSA) is 28.7 Å². The van der Waals surface area contributed by atoms with E-state index in [1.165, 1.54) is 92.6 Å². The summed E-state index contributed by atoms with van der Waals surface area (Å²) in [6.07, 6.45) is 0. The van der Waals surface area contributed by atoms with Crippen molar-refractivity contribution in [3.8, 4) is 45.1 Å². The molecule has 0 amide bonds. The van der Waals surface area contributed by atoms with Crippen molar-refractivity contribution in [2.24, 2.45) is 0 Å². The van der Waals surface area contributed by atoms with Crippen LogP contribution in [0.15, 0.2) is 182 Å². The Bertz CT molecular complexity index is 3460. The van der Waals surface area contributed by atoms with E-state index in [1.807, 2.05) is 18.2 Å². The van der Waals surface area contributed by atoms with Gasteiger partial charge in [0.2, 0.25) is 0 Å². The molecule has 1 aromatic heterocycles. The van der Waals surface area contributed by atoms with E-state index >= 15 is 0 Å². The van der Waals surface area contributed by atoms with Gasteiger partial charge in [-0.25, -0.2) is 0 Å². The molecule has 0 aliphatic rings. The second-order valence-electron chi connectivity index (χ2n) is 14.9. The van der Waals surface area contributed by atoms with Crippen LogP contribution in [0.25, 0.3) is 115 Å². The summed E-state index contributed by atoms with van der Waals surface area (Å²) in [5.41, 5.74) is 11.2. The van der Waals surface area contributed by atoms with Crippen molar-refractivity contribution in [3.63, 3.8) is 0 Å². The maximum absolute atomic E-state index is 9.88. The molecule has 2 heteroatoms. The molecule has 12 aromatic rings. The molecule has 0 saturated heterocycles. The molecule has 0 aliphatic carbocycles. The fraction of sp³-hybridized carbons (Fsp3) is 0. The highest BCUT2D eigenvalue weighted by Crippen LogP contribution is 2.43. The van der Waals surface area contributed by atoms with Crippen LogP contribution in [-0.2, 0) is 0 Å². The van der Waals surface area contributed by atoms with Gasteiger partial charge in [0.1, 0.15) is 0 Å². The van der Waals surface area contributed by atoms with E-state index in [4.69, 9.17) is 0 Å². The van der Waals surface area contributed by atoms with Crippen LogP contribution >= 0.6 is 0 Å². The van der Waals surface area contributed by atoms with Crippen LogP contribution in [0.1, 0.15) is 5.56 Å². The lowest BCUT2D eigenvalue weighted by atomic mass is 9.89. The van der Waals surface area contributed by atoms with Crippen molar-refractivity contribution < 1.29 is 0 Å². The summed E-state index contributed by atoms with van der Waals surface area (Å²) in [5, 5.41) is 24.9. The molecule has 55 heavy (non-hydrogen) atoms. The minimum atomic E-state index is 0.671. The summed E-state index contributed by atoms with van der Waals surface area (Å²) in [7, 11) is 0. The van der Waals surface area contributed by atoms with E-state index in [0.717, 1.165) is 22.1 Å². The van der Waals surface area contributed by atoms with Gasteiger partial charge in [0.25, 0.3) is 0 Å². The Labute approximate surface area is 317 Å². The molecule has 0 fully saturated rings. The van der Waals surface area contributed by atoms with Gasteiger partial charge in [-0.05, 0) is 154 Å². The van der Waals surface area contributed by atoms with Crippen molar-refractivity contribution in [2.75, 3.05) is 0 Å². The number of para-hydroxylation sites is 1. The van der Waals surface area contributed by atoms with Crippen LogP contribution in [0, 0.1) is 11.3 Å².